The molecule has 1 saturated heterocycles. The number of phosphoric ester groups is 1. The molecule has 1 aliphatic heterocycles. The molecule has 3 atom stereocenters. The van der Waals surface area contributed by atoms with E-state index in [1.54, 1.807) is 0 Å². The summed E-state index contributed by atoms with van der Waals surface area (Å²) >= 11 is 0. The minimum absolute atomic E-state index is 0.0283. The fourth-order valence-electron chi connectivity index (χ4n) is 2.01. The quantitative estimate of drug-likeness (QED) is 0.171. The topological polar surface area (TPSA) is 263 Å². The van der Waals surface area contributed by atoms with Crippen LogP contribution in [0.2, 0.25) is 0 Å². The van der Waals surface area contributed by atoms with E-state index < -0.39 is 62.0 Å². The van der Waals surface area contributed by atoms with Gasteiger partial charge in [-0.1, -0.05) is 19.7 Å². The number of nitrogens with one attached hydrogen (secondary N) is 1. The number of ether oxygens (including phenoxy) is 1. The Bertz CT molecular complexity index is 1130. The second kappa shape index (κ2) is 17.0. The number of aliphatic carboxylic acids is 3. The lowest BCUT2D eigenvalue weighted by atomic mass is 10.2. The second-order valence-electron chi connectivity index (χ2n) is 7.95. The molecule has 0 saturated carbocycles. The Morgan fingerprint density at radius 2 is 1.41 bits per heavy atom. The highest BCUT2D eigenvalue weighted by Gasteiger charge is 2.37. The van der Waals surface area contributed by atoms with Crippen LogP contribution in [-0.4, -0.2) is 76.5 Å². The van der Waals surface area contributed by atoms with Crippen LogP contribution in [0.5, 0.6) is 0 Å². The van der Waals surface area contributed by atoms with Crippen molar-refractivity contribution >= 4 is 25.7 Å². The standard InChI is InChI=1S/C10H15N2O8P.3C4H6O2/c1-5-3-12(10(15)11-9(5)14)8-2-6(13)7(20-8)4-19-21(16,17)18;3*1-3(2)4(5)6/h3,6-8,13H,2,4H2,1H3,(H,11,14,15)(H2,16,17,18);3*1H2,2H3,(H,5,6)/t6-,7+,8+;;;/m0.../s1. The lowest BCUT2D eigenvalue weighted by Gasteiger charge is -2.16. The van der Waals surface area contributed by atoms with Gasteiger partial charge >= 0.3 is 31.4 Å². The average Bonchev–Trinajstić information content (AvgIpc) is 3.15. The summed E-state index contributed by atoms with van der Waals surface area (Å²) in [6.45, 7) is 14.8. The van der Waals surface area contributed by atoms with Gasteiger partial charge in [0, 0.05) is 34.9 Å². The Morgan fingerprint density at radius 1 is 1.03 bits per heavy atom. The largest absolute Gasteiger partial charge is 0.478 e. The van der Waals surface area contributed by atoms with E-state index in [4.69, 9.17) is 29.8 Å². The third-order valence-electron chi connectivity index (χ3n) is 4.16. The Labute approximate surface area is 222 Å². The van der Waals surface area contributed by atoms with Gasteiger partial charge in [0.15, 0.2) is 0 Å². The molecule has 2 rings (SSSR count). The molecular formula is C22H33N2O14P. The molecule has 220 valence electrons. The van der Waals surface area contributed by atoms with Crippen LogP contribution in [0.1, 0.15) is 39.0 Å². The molecule has 7 N–H and O–H groups in total. The van der Waals surface area contributed by atoms with E-state index in [0.29, 0.717) is 5.56 Å². The molecule has 0 aliphatic carbocycles. The molecule has 39 heavy (non-hydrogen) atoms. The van der Waals surface area contributed by atoms with Crippen LogP contribution in [0.25, 0.3) is 0 Å². The maximum atomic E-state index is 11.7. The number of carboxylic acids is 3. The van der Waals surface area contributed by atoms with Crippen molar-refractivity contribution < 1.29 is 58.4 Å². The van der Waals surface area contributed by atoms with Gasteiger partial charge in [-0.3, -0.25) is 18.9 Å². The van der Waals surface area contributed by atoms with Crippen molar-refractivity contribution in [1.82, 2.24) is 9.55 Å². The number of aromatic amines is 1. The molecule has 0 amide bonds. The van der Waals surface area contributed by atoms with Gasteiger partial charge in [0.05, 0.1) is 12.7 Å². The number of aliphatic hydroxyl groups is 1. The van der Waals surface area contributed by atoms with Gasteiger partial charge in [-0.15, -0.1) is 0 Å². The Morgan fingerprint density at radius 3 is 1.74 bits per heavy atom. The highest BCUT2D eigenvalue weighted by atomic mass is 31.2. The fraction of sp³-hybridized carbons (Fsp3) is 0.409. The highest BCUT2D eigenvalue weighted by molar-refractivity contribution is 7.46. The van der Waals surface area contributed by atoms with Gasteiger partial charge in [-0.05, 0) is 27.7 Å². The molecule has 1 aromatic heterocycles. The monoisotopic (exact) mass is 580 g/mol. The normalized spacial score (nSPS) is 17.6. The molecule has 0 unspecified atom stereocenters. The number of aliphatic hydroxyl groups excluding tert-OH is 1. The molecule has 0 radical (unpaired) electrons. The molecule has 17 heteroatoms. The van der Waals surface area contributed by atoms with E-state index in [0.717, 1.165) is 4.57 Å². The SMILES string of the molecule is C=C(C)C(=O)O.C=C(C)C(=O)O.C=C(C)C(=O)O.Cc1cn([C@H]2C[C@H](O)[C@@H](COP(=O)(O)O)O2)c(=O)[nH]c1=O. The summed E-state index contributed by atoms with van der Waals surface area (Å²) < 4.78 is 21.4. The first-order valence-electron chi connectivity index (χ1n) is 10.6. The van der Waals surface area contributed by atoms with Crippen LogP contribution in [-0.2, 0) is 28.2 Å². The predicted molar refractivity (Wildman–Crippen MR) is 136 cm³/mol. The first-order valence-corrected chi connectivity index (χ1v) is 12.2. The number of hydrogen-bond acceptors (Lipinski definition) is 9. The summed E-state index contributed by atoms with van der Waals surface area (Å²) in [7, 11) is -4.67. The Hall–Kier alpha value is -3.66. The van der Waals surface area contributed by atoms with Gasteiger partial charge in [-0.2, -0.15) is 0 Å². The molecule has 1 fully saturated rings. The van der Waals surface area contributed by atoms with E-state index in [1.807, 2.05) is 0 Å². The zero-order chi connectivity index (χ0) is 31.2. The second-order valence-corrected chi connectivity index (χ2v) is 9.19. The number of carboxylic acid groups (broad SMARTS) is 3. The number of carbonyl (C=O) groups is 3. The lowest BCUT2D eigenvalue weighted by molar-refractivity contribution is -0.133. The summed E-state index contributed by atoms with van der Waals surface area (Å²) in [5.74, 6) is -2.81. The van der Waals surface area contributed by atoms with E-state index in [-0.39, 0.29) is 23.1 Å². The number of hydrogen-bond donors (Lipinski definition) is 7. The highest BCUT2D eigenvalue weighted by Crippen LogP contribution is 2.38. The first kappa shape index (κ1) is 37.5. The smallest absolute Gasteiger partial charge is 0.469 e. The summed E-state index contributed by atoms with van der Waals surface area (Å²) in [6, 6.07) is 0. The maximum absolute atomic E-state index is 11.7. The van der Waals surface area contributed by atoms with Crippen LogP contribution in [0.3, 0.4) is 0 Å². The van der Waals surface area contributed by atoms with Crippen molar-refractivity contribution in [1.29, 1.82) is 0 Å². The van der Waals surface area contributed by atoms with Crippen LogP contribution in [0, 0.1) is 6.92 Å². The number of aryl methyl sites for hydroxylation is 1. The van der Waals surface area contributed by atoms with E-state index in [9.17, 15) is 33.6 Å². The average molecular weight is 580 g/mol. The number of H-pyrrole nitrogens is 1. The van der Waals surface area contributed by atoms with Gasteiger partial charge < -0.3 is 34.9 Å². The van der Waals surface area contributed by atoms with E-state index >= 15 is 0 Å². The summed E-state index contributed by atoms with van der Waals surface area (Å²) in [4.78, 5) is 71.1. The first-order chi connectivity index (χ1) is 17.6. The summed E-state index contributed by atoms with van der Waals surface area (Å²) in [6.07, 6.45) is -1.57. The van der Waals surface area contributed by atoms with Crippen LogP contribution >= 0.6 is 7.82 Å². The lowest BCUT2D eigenvalue weighted by Crippen LogP contribution is -2.33. The maximum Gasteiger partial charge on any atom is 0.469 e. The molecule has 1 aliphatic rings. The number of aromatic nitrogens is 2. The van der Waals surface area contributed by atoms with Crippen LogP contribution in [0.4, 0.5) is 0 Å². The zero-order valence-corrected chi connectivity index (χ0v) is 22.6. The van der Waals surface area contributed by atoms with Gasteiger partial charge in [0.25, 0.3) is 5.56 Å². The predicted octanol–water partition coefficient (Wildman–Crippen LogP) is 0.544. The van der Waals surface area contributed by atoms with E-state index in [2.05, 4.69) is 29.2 Å². The molecule has 0 spiro atoms. The van der Waals surface area contributed by atoms with Crippen LogP contribution in [0.15, 0.2) is 52.2 Å². The third kappa shape index (κ3) is 16.7. The molecule has 2 heterocycles. The number of nitrogens with zero attached hydrogens (tertiary/aromatic N) is 1. The molecular weight excluding hydrogens is 547 g/mol. The van der Waals surface area contributed by atoms with Gasteiger partial charge in [0.1, 0.15) is 12.3 Å². The molecule has 0 aromatic carbocycles. The van der Waals surface area contributed by atoms with Crippen molar-refractivity contribution in [2.24, 2.45) is 0 Å². The zero-order valence-electron chi connectivity index (χ0n) is 21.7. The number of rotatable bonds is 7. The summed E-state index contributed by atoms with van der Waals surface area (Å²) in [5, 5.41) is 33.5. The summed E-state index contributed by atoms with van der Waals surface area (Å²) in [5.41, 5.74) is -0.391. The van der Waals surface area contributed by atoms with Crippen molar-refractivity contribution in [2.75, 3.05) is 6.61 Å². The Kier molecular flexibility index (Phi) is 16.4. The minimum atomic E-state index is -4.67. The van der Waals surface area contributed by atoms with Gasteiger partial charge in [0.2, 0.25) is 0 Å². The number of phosphoric acid groups is 1. The molecule has 0 bridgehead atoms. The van der Waals surface area contributed by atoms with E-state index in [1.165, 1.54) is 33.9 Å². The van der Waals surface area contributed by atoms with Gasteiger partial charge in [-0.25, -0.2) is 23.7 Å². The Balaban J connectivity index is 0. The molecule has 16 nitrogen and oxygen atoms in total. The van der Waals surface area contributed by atoms with Crippen LogP contribution < -0.4 is 11.2 Å². The minimum Gasteiger partial charge on any atom is -0.478 e. The third-order valence-corrected chi connectivity index (χ3v) is 4.65. The van der Waals surface area contributed by atoms with Crippen molar-refractivity contribution in [3.8, 4) is 0 Å². The van der Waals surface area contributed by atoms with Crippen molar-refractivity contribution in [2.45, 2.75) is 52.6 Å². The fourth-order valence-corrected chi connectivity index (χ4v) is 2.35. The van der Waals surface area contributed by atoms with Crippen molar-refractivity contribution in [3.05, 3.63) is 69.1 Å². The van der Waals surface area contributed by atoms with Crippen molar-refractivity contribution in [3.63, 3.8) is 0 Å². The molecule has 1 aromatic rings.